The molecule has 0 spiro atoms. The highest BCUT2D eigenvalue weighted by molar-refractivity contribution is 7.80. The molecule has 0 aliphatic heterocycles. The van der Waals surface area contributed by atoms with Crippen molar-refractivity contribution in [2.45, 2.75) is 24.9 Å². The molecule has 4 nitrogen and oxygen atoms in total. The number of hydrogen-bond donors (Lipinski definition) is 1. The van der Waals surface area contributed by atoms with Gasteiger partial charge in [0, 0.05) is 10.5 Å². The maximum absolute atomic E-state index is 12.4. The minimum atomic E-state index is -3.09. The van der Waals surface area contributed by atoms with Crippen LogP contribution < -0.4 is 4.74 Å². The van der Waals surface area contributed by atoms with Crippen LogP contribution in [0.4, 0.5) is 8.78 Å². The number of carbonyl (C=O) groups excluding carboxylic acids is 1. The van der Waals surface area contributed by atoms with Gasteiger partial charge in [-0.3, -0.25) is 4.79 Å². The van der Waals surface area contributed by atoms with E-state index in [1.165, 1.54) is 12.1 Å². The van der Waals surface area contributed by atoms with Crippen molar-refractivity contribution >= 4 is 18.6 Å². The molecule has 0 atom stereocenters. The van der Waals surface area contributed by atoms with Crippen LogP contribution in [0.15, 0.2) is 17.0 Å². The van der Waals surface area contributed by atoms with Gasteiger partial charge >= 0.3 is 12.6 Å². The van der Waals surface area contributed by atoms with Gasteiger partial charge in [0.1, 0.15) is 11.8 Å². The maximum Gasteiger partial charge on any atom is 0.387 e. The van der Waals surface area contributed by atoms with Crippen molar-refractivity contribution in [3.05, 3.63) is 23.3 Å². The lowest BCUT2D eigenvalue weighted by Crippen LogP contribution is -2.12. The molecule has 0 N–H and O–H groups in total. The second-order valence-electron chi connectivity index (χ2n) is 3.41. The lowest BCUT2D eigenvalue weighted by atomic mass is 10.1. The van der Waals surface area contributed by atoms with E-state index in [-0.39, 0.29) is 34.8 Å². The Hall–Kier alpha value is -1.81. The number of halogens is 2. The Kier molecular flexibility index (Phi) is 5.57. The third-order valence-electron chi connectivity index (χ3n) is 2.19. The van der Waals surface area contributed by atoms with Gasteiger partial charge in [0.05, 0.1) is 18.6 Å². The second-order valence-corrected chi connectivity index (χ2v) is 3.89. The highest BCUT2D eigenvalue weighted by Gasteiger charge is 2.19. The Balaban J connectivity index is 3.19. The van der Waals surface area contributed by atoms with E-state index < -0.39 is 12.6 Å². The number of ether oxygens (including phenoxy) is 2. The summed E-state index contributed by atoms with van der Waals surface area (Å²) in [6, 6.07) is 4.47. The number of hydrogen-bond acceptors (Lipinski definition) is 5. The third kappa shape index (κ3) is 4.10. The van der Waals surface area contributed by atoms with Crippen LogP contribution in [0.2, 0.25) is 0 Å². The quantitative estimate of drug-likeness (QED) is 0.668. The highest BCUT2D eigenvalue weighted by atomic mass is 32.1. The Bertz CT molecular complexity index is 514. The Labute approximate surface area is 114 Å². The first-order chi connectivity index (χ1) is 8.99. The van der Waals surface area contributed by atoms with Crippen molar-refractivity contribution < 1.29 is 23.0 Å². The molecule has 1 aromatic rings. The van der Waals surface area contributed by atoms with Crippen LogP contribution in [0.1, 0.15) is 18.1 Å². The average Bonchev–Trinajstić information content (AvgIpc) is 2.34. The van der Waals surface area contributed by atoms with E-state index in [0.29, 0.717) is 0 Å². The van der Waals surface area contributed by atoms with Crippen LogP contribution in [0, 0.1) is 11.3 Å². The lowest BCUT2D eigenvalue weighted by Gasteiger charge is -2.13. The fourth-order valence-electron chi connectivity index (χ4n) is 1.46. The summed E-state index contributed by atoms with van der Waals surface area (Å²) in [5, 5.41) is 8.87. The van der Waals surface area contributed by atoms with Crippen LogP contribution in [-0.2, 0) is 16.0 Å². The molecule has 0 heterocycles. The van der Waals surface area contributed by atoms with E-state index in [2.05, 4.69) is 17.4 Å². The van der Waals surface area contributed by atoms with E-state index in [9.17, 15) is 13.6 Å². The molecule has 7 heteroatoms. The van der Waals surface area contributed by atoms with Gasteiger partial charge in [0.2, 0.25) is 0 Å². The van der Waals surface area contributed by atoms with E-state index in [1.54, 1.807) is 13.0 Å². The number of thiol groups is 1. The average molecular weight is 287 g/mol. The number of rotatable bonds is 5. The minimum Gasteiger partial charge on any atom is -0.466 e. The van der Waals surface area contributed by atoms with Crippen LogP contribution in [0.5, 0.6) is 5.75 Å². The van der Waals surface area contributed by atoms with Gasteiger partial charge in [-0.1, -0.05) is 0 Å². The zero-order chi connectivity index (χ0) is 14.4. The number of esters is 1. The van der Waals surface area contributed by atoms with Crippen molar-refractivity contribution in [3.63, 3.8) is 0 Å². The number of benzene rings is 1. The number of carbonyl (C=O) groups is 1. The Morgan fingerprint density at radius 1 is 1.53 bits per heavy atom. The summed E-state index contributed by atoms with van der Waals surface area (Å²) in [7, 11) is 0. The molecule has 0 radical (unpaired) electrons. The maximum atomic E-state index is 12.4. The van der Waals surface area contributed by atoms with Crippen molar-refractivity contribution in [3.8, 4) is 11.8 Å². The predicted octanol–water partition coefficient (Wildman–Crippen LogP) is 2.55. The molecule has 1 aromatic carbocycles. The van der Waals surface area contributed by atoms with Gasteiger partial charge in [-0.25, -0.2) is 0 Å². The minimum absolute atomic E-state index is 0.0857. The number of nitriles is 1. The van der Waals surface area contributed by atoms with Gasteiger partial charge in [0.25, 0.3) is 0 Å². The smallest absolute Gasteiger partial charge is 0.387 e. The van der Waals surface area contributed by atoms with E-state index in [0.717, 1.165) is 0 Å². The van der Waals surface area contributed by atoms with Crippen molar-refractivity contribution in [1.29, 1.82) is 5.26 Å². The standard InChI is InChI=1S/C12H11F2NO3S/c1-2-17-10(16)5-8-9(19)4-3-7(6-15)11(8)18-12(13)14/h3-4,12,19H,2,5H2,1H3. The highest BCUT2D eigenvalue weighted by Crippen LogP contribution is 2.31. The molecule has 0 unspecified atom stereocenters. The van der Waals surface area contributed by atoms with Crippen molar-refractivity contribution in [2.75, 3.05) is 6.61 Å². The predicted molar refractivity (Wildman–Crippen MR) is 65.4 cm³/mol. The third-order valence-corrected chi connectivity index (χ3v) is 2.61. The number of nitrogens with zero attached hydrogens (tertiary/aromatic N) is 1. The van der Waals surface area contributed by atoms with Gasteiger partial charge in [-0.15, -0.1) is 12.6 Å². The molecule has 0 bridgehead atoms. The molecule has 102 valence electrons. The van der Waals surface area contributed by atoms with Crippen LogP contribution in [0.3, 0.4) is 0 Å². The summed E-state index contributed by atoms with van der Waals surface area (Å²) in [6.07, 6.45) is -0.287. The largest absolute Gasteiger partial charge is 0.466 e. The molecule has 1 rings (SSSR count). The first-order valence-electron chi connectivity index (χ1n) is 5.35. The van der Waals surface area contributed by atoms with Gasteiger partial charge < -0.3 is 9.47 Å². The van der Waals surface area contributed by atoms with E-state index in [4.69, 9.17) is 10.00 Å². The Morgan fingerprint density at radius 3 is 2.74 bits per heavy atom. The molecular formula is C12H11F2NO3S. The van der Waals surface area contributed by atoms with Gasteiger partial charge in [-0.05, 0) is 19.1 Å². The molecule has 0 fully saturated rings. The summed E-state index contributed by atoms with van der Waals surface area (Å²) >= 11 is 4.08. The topological polar surface area (TPSA) is 59.3 Å². The van der Waals surface area contributed by atoms with Gasteiger partial charge in [0.15, 0.2) is 0 Å². The zero-order valence-corrected chi connectivity index (χ0v) is 10.9. The summed E-state index contributed by atoms with van der Waals surface area (Å²) in [6.45, 7) is -1.30. The van der Waals surface area contributed by atoms with Crippen LogP contribution >= 0.6 is 12.6 Å². The molecule has 0 saturated carbocycles. The second kappa shape index (κ2) is 6.95. The van der Waals surface area contributed by atoms with Crippen LogP contribution in [-0.4, -0.2) is 19.2 Å². The van der Waals surface area contributed by atoms with Gasteiger partial charge in [-0.2, -0.15) is 14.0 Å². The SMILES string of the molecule is CCOC(=O)Cc1c(S)ccc(C#N)c1OC(F)F. The molecule has 0 aliphatic rings. The monoisotopic (exact) mass is 287 g/mol. The van der Waals surface area contributed by atoms with Crippen molar-refractivity contribution in [1.82, 2.24) is 0 Å². The molecule has 19 heavy (non-hydrogen) atoms. The molecule has 0 amide bonds. The summed E-state index contributed by atoms with van der Waals surface area (Å²) in [5.41, 5.74) is 0.0264. The fourth-order valence-corrected chi connectivity index (χ4v) is 1.71. The summed E-state index contributed by atoms with van der Waals surface area (Å²) in [5.74, 6) is -0.940. The summed E-state index contributed by atoms with van der Waals surface area (Å²) in [4.78, 5) is 11.7. The van der Waals surface area contributed by atoms with Crippen LogP contribution in [0.25, 0.3) is 0 Å². The Morgan fingerprint density at radius 2 is 2.21 bits per heavy atom. The zero-order valence-electron chi connectivity index (χ0n) is 10.0. The van der Waals surface area contributed by atoms with Crippen molar-refractivity contribution in [2.24, 2.45) is 0 Å². The first-order valence-corrected chi connectivity index (χ1v) is 5.79. The normalized spacial score (nSPS) is 10.1. The summed E-state index contributed by atoms with van der Waals surface area (Å²) < 4.78 is 33.8. The van der Waals surface area contributed by atoms with E-state index in [1.807, 2.05) is 0 Å². The molecule has 0 saturated heterocycles. The molecule has 0 aromatic heterocycles. The fraction of sp³-hybridized carbons (Fsp3) is 0.333. The number of alkyl halides is 2. The molecular weight excluding hydrogens is 276 g/mol. The first kappa shape index (κ1) is 15.2. The lowest BCUT2D eigenvalue weighted by molar-refractivity contribution is -0.142. The van der Waals surface area contributed by atoms with E-state index >= 15 is 0 Å². The molecule has 0 aliphatic carbocycles.